The molecule has 2 rings (SSSR count). The van der Waals surface area contributed by atoms with Crippen molar-refractivity contribution in [3.63, 3.8) is 0 Å². The lowest BCUT2D eigenvalue weighted by Gasteiger charge is -2.07. The zero-order valence-corrected chi connectivity index (χ0v) is 10.9. The summed E-state index contributed by atoms with van der Waals surface area (Å²) < 4.78 is 0. The van der Waals surface area contributed by atoms with Crippen LogP contribution in [0.5, 0.6) is 0 Å². The quantitative estimate of drug-likeness (QED) is 0.673. The molecule has 0 fully saturated rings. The summed E-state index contributed by atoms with van der Waals surface area (Å²) in [5.74, 6) is 0.120. The minimum atomic E-state index is 0.120. The molecule has 17 heavy (non-hydrogen) atoms. The summed E-state index contributed by atoms with van der Waals surface area (Å²) in [6, 6.07) is 7.80. The van der Waals surface area contributed by atoms with Gasteiger partial charge in [-0.2, -0.15) is 0 Å². The normalized spacial score (nSPS) is 13.5. The van der Waals surface area contributed by atoms with Gasteiger partial charge >= 0.3 is 0 Å². The van der Waals surface area contributed by atoms with Crippen molar-refractivity contribution in [2.45, 2.75) is 33.6 Å². The second kappa shape index (κ2) is 6.85. The van der Waals surface area contributed by atoms with Crippen LogP contribution >= 0.6 is 0 Å². The fourth-order valence-electron chi connectivity index (χ4n) is 1.72. The molecule has 0 heterocycles. The molecule has 1 aliphatic carbocycles. The lowest BCUT2D eigenvalue weighted by Crippen LogP contribution is -1.92. The van der Waals surface area contributed by atoms with Crippen molar-refractivity contribution in [1.82, 2.24) is 0 Å². The Morgan fingerprint density at radius 1 is 1.06 bits per heavy atom. The van der Waals surface area contributed by atoms with Crippen molar-refractivity contribution < 1.29 is 4.79 Å². The Balaban J connectivity index is 0.000000686. The van der Waals surface area contributed by atoms with Gasteiger partial charge < -0.3 is 0 Å². The van der Waals surface area contributed by atoms with E-state index in [1.807, 2.05) is 38.1 Å². The van der Waals surface area contributed by atoms with E-state index in [1.165, 1.54) is 11.1 Å². The van der Waals surface area contributed by atoms with Gasteiger partial charge in [-0.25, -0.2) is 0 Å². The molecule has 1 aromatic carbocycles. The number of hydrogen-bond acceptors (Lipinski definition) is 1. The fourth-order valence-corrected chi connectivity index (χ4v) is 1.72. The topological polar surface area (TPSA) is 17.1 Å². The van der Waals surface area contributed by atoms with E-state index in [2.05, 4.69) is 18.2 Å². The summed E-state index contributed by atoms with van der Waals surface area (Å²) >= 11 is 0. The van der Waals surface area contributed by atoms with Crippen LogP contribution in [0, 0.1) is 0 Å². The van der Waals surface area contributed by atoms with Gasteiger partial charge in [0.1, 0.15) is 0 Å². The number of Topliss-reactive ketones (excluding diaryl/α,β-unsaturated/α-hetero) is 1. The van der Waals surface area contributed by atoms with E-state index in [4.69, 9.17) is 0 Å². The summed E-state index contributed by atoms with van der Waals surface area (Å²) in [7, 11) is 0. The molecule has 0 saturated heterocycles. The third-order valence-corrected chi connectivity index (χ3v) is 2.62. The van der Waals surface area contributed by atoms with Crippen molar-refractivity contribution in [1.29, 1.82) is 0 Å². The molecule has 0 amide bonds. The highest BCUT2D eigenvalue weighted by atomic mass is 16.1. The summed E-state index contributed by atoms with van der Waals surface area (Å²) in [5, 5.41) is 0. The zero-order chi connectivity index (χ0) is 12.7. The van der Waals surface area contributed by atoms with E-state index in [0.717, 1.165) is 18.4 Å². The first-order valence-corrected chi connectivity index (χ1v) is 6.25. The molecule has 0 aromatic heterocycles. The molecule has 0 radical (unpaired) electrons. The minimum absolute atomic E-state index is 0.120. The van der Waals surface area contributed by atoms with Gasteiger partial charge in [-0.3, -0.25) is 4.79 Å². The Kier molecular flexibility index (Phi) is 5.41. The maximum absolute atomic E-state index is 11.1. The highest BCUT2D eigenvalue weighted by Gasteiger charge is 2.02. The molecule has 0 spiro atoms. The summed E-state index contributed by atoms with van der Waals surface area (Å²) in [6.45, 7) is 5.59. The van der Waals surface area contributed by atoms with Crippen molar-refractivity contribution in [3.8, 4) is 0 Å². The molecule has 0 bridgehead atoms. The van der Waals surface area contributed by atoms with E-state index in [0.29, 0.717) is 0 Å². The molecule has 1 nitrogen and oxygen atoms in total. The Morgan fingerprint density at radius 2 is 1.71 bits per heavy atom. The summed E-state index contributed by atoms with van der Waals surface area (Å²) in [4.78, 5) is 11.1. The molecule has 0 aliphatic heterocycles. The predicted molar refractivity (Wildman–Crippen MR) is 74.1 cm³/mol. The first kappa shape index (κ1) is 13.4. The van der Waals surface area contributed by atoms with Crippen molar-refractivity contribution in [2.75, 3.05) is 0 Å². The standard InChI is InChI=1S/C14H14O.C2H6/c1-11(15)12-7-9-14(10-8-12)13-5-3-2-4-6-13;1-2/h3,5-10H,2,4H2,1H3;1-2H3. The molecule has 1 heteroatoms. The lowest BCUT2D eigenvalue weighted by atomic mass is 9.98. The molecule has 0 N–H and O–H groups in total. The van der Waals surface area contributed by atoms with E-state index >= 15 is 0 Å². The smallest absolute Gasteiger partial charge is 0.159 e. The third kappa shape index (κ3) is 3.70. The summed E-state index contributed by atoms with van der Waals surface area (Å²) in [6.07, 6.45) is 8.82. The van der Waals surface area contributed by atoms with E-state index < -0.39 is 0 Å². The van der Waals surface area contributed by atoms with Gasteiger partial charge in [0.15, 0.2) is 5.78 Å². The maximum atomic E-state index is 11.1. The van der Waals surface area contributed by atoms with E-state index in [-0.39, 0.29) is 5.78 Å². The molecule has 1 aromatic rings. The molecule has 0 atom stereocenters. The van der Waals surface area contributed by atoms with Gasteiger partial charge in [0.2, 0.25) is 0 Å². The van der Waals surface area contributed by atoms with Crippen molar-refractivity contribution >= 4 is 11.4 Å². The number of benzene rings is 1. The number of rotatable bonds is 2. The summed E-state index contributed by atoms with van der Waals surface area (Å²) in [5.41, 5.74) is 3.23. The predicted octanol–water partition coefficient (Wildman–Crippen LogP) is 4.65. The van der Waals surface area contributed by atoms with E-state index in [1.54, 1.807) is 6.92 Å². The highest BCUT2D eigenvalue weighted by Crippen LogP contribution is 2.21. The largest absolute Gasteiger partial charge is 0.295 e. The molecule has 0 unspecified atom stereocenters. The van der Waals surface area contributed by atoms with Gasteiger partial charge in [-0.1, -0.05) is 56.3 Å². The van der Waals surface area contributed by atoms with Crippen LogP contribution in [0.2, 0.25) is 0 Å². The highest BCUT2D eigenvalue weighted by molar-refractivity contribution is 5.94. The van der Waals surface area contributed by atoms with E-state index in [9.17, 15) is 4.79 Å². The number of carbonyl (C=O) groups is 1. The maximum Gasteiger partial charge on any atom is 0.159 e. The molecular formula is C16H20O. The van der Waals surface area contributed by atoms with Crippen LogP contribution < -0.4 is 0 Å². The Hall–Kier alpha value is -1.63. The zero-order valence-electron chi connectivity index (χ0n) is 10.9. The van der Waals surface area contributed by atoms with Gasteiger partial charge in [-0.05, 0) is 30.9 Å². The first-order chi connectivity index (χ1) is 8.27. The second-order valence-electron chi connectivity index (χ2n) is 3.77. The lowest BCUT2D eigenvalue weighted by molar-refractivity contribution is 0.101. The molecular weight excluding hydrogens is 208 g/mol. The number of hydrogen-bond donors (Lipinski definition) is 0. The van der Waals surface area contributed by atoms with Crippen LogP contribution in [0.15, 0.2) is 42.5 Å². The number of carbonyl (C=O) groups excluding carboxylic acids is 1. The van der Waals surface area contributed by atoms with Crippen molar-refractivity contribution in [3.05, 3.63) is 53.6 Å². The van der Waals surface area contributed by atoms with Crippen molar-refractivity contribution in [2.24, 2.45) is 0 Å². The number of ketones is 1. The van der Waals surface area contributed by atoms with Crippen LogP contribution in [0.1, 0.15) is 49.5 Å². The van der Waals surface area contributed by atoms with Gasteiger partial charge in [0.05, 0.1) is 0 Å². The third-order valence-electron chi connectivity index (χ3n) is 2.62. The fraction of sp³-hybridized carbons (Fsp3) is 0.312. The Morgan fingerprint density at radius 3 is 2.18 bits per heavy atom. The van der Waals surface area contributed by atoms with Crippen LogP contribution in [0.3, 0.4) is 0 Å². The molecule has 1 aliphatic rings. The van der Waals surface area contributed by atoms with Crippen LogP contribution in [-0.4, -0.2) is 5.78 Å². The SMILES string of the molecule is CC.CC(=O)c1ccc(C2=CCCC=C2)cc1. The Labute approximate surface area is 104 Å². The minimum Gasteiger partial charge on any atom is -0.295 e. The van der Waals surface area contributed by atoms with Crippen LogP contribution in [0.25, 0.3) is 5.57 Å². The Bertz CT molecular complexity index is 421. The van der Waals surface area contributed by atoms with Gasteiger partial charge in [-0.15, -0.1) is 0 Å². The molecule has 0 saturated carbocycles. The first-order valence-electron chi connectivity index (χ1n) is 6.25. The second-order valence-corrected chi connectivity index (χ2v) is 3.77. The van der Waals surface area contributed by atoms with Gasteiger partial charge in [0.25, 0.3) is 0 Å². The molecule has 90 valence electrons. The average Bonchev–Trinajstić information content (AvgIpc) is 2.42. The number of allylic oxidation sites excluding steroid dienone is 4. The van der Waals surface area contributed by atoms with Crippen LogP contribution in [-0.2, 0) is 0 Å². The monoisotopic (exact) mass is 228 g/mol. The average molecular weight is 228 g/mol. The van der Waals surface area contributed by atoms with Gasteiger partial charge in [0, 0.05) is 5.56 Å². The van der Waals surface area contributed by atoms with Crippen LogP contribution in [0.4, 0.5) is 0 Å².